The number of rotatable bonds is 26. The zero-order valence-electron chi connectivity index (χ0n) is 45.0. The second-order valence-electron chi connectivity index (χ2n) is 22.2. The molecule has 5 heterocycles. The lowest BCUT2D eigenvalue weighted by Gasteiger charge is -2.43. The zero-order chi connectivity index (χ0) is 55.2. The van der Waals surface area contributed by atoms with E-state index < -0.39 is 52.7 Å². The number of nitrogens with zero attached hydrogens (tertiary/aromatic N) is 6. The molecule has 22 heteroatoms. The average Bonchev–Trinajstić information content (AvgIpc) is 4.13. The molecule has 2 aliphatic carbocycles. The molecule has 2 aliphatic heterocycles. The van der Waals surface area contributed by atoms with Crippen molar-refractivity contribution in [3.8, 4) is 10.4 Å². The number of aromatic amines is 1. The Morgan fingerprint density at radius 3 is 2.27 bits per heavy atom. The van der Waals surface area contributed by atoms with Gasteiger partial charge in [-0.2, -0.15) is 10.2 Å². The number of thiazole rings is 1. The van der Waals surface area contributed by atoms with Gasteiger partial charge in [-0.3, -0.25) is 29.0 Å². The van der Waals surface area contributed by atoms with E-state index >= 15 is 0 Å². The molecule has 3 aromatic heterocycles. The highest BCUT2D eigenvalue weighted by Gasteiger charge is 2.78. The quantitative estimate of drug-likeness (QED) is 0.0435. The van der Waals surface area contributed by atoms with Crippen molar-refractivity contribution in [3.05, 3.63) is 106 Å². The Balaban J connectivity index is 0.609. The van der Waals surface area contributed by atoms with Gasteiger partial charge in [0.05, 0.1) is 93.0 Å². The molecule has 0 spiro atoms. The Morgan fingerprint density at radius 2 is 1.60 bits per heavy atom. The molecule has 4 aliphatic rings. The van der Waals surface area contributed by atoms with Crippen LogP contribution in [0.25, 0.3) is 10.4 Å². The first-order valence-corrected chi connectivity index (χ1v) is 27.7. The van der Waals surface area contributed by atoms with Crippen molar-refractivity contribution in [1.29, 1.82) is 0 Å². The SMILES string of the molecule is Cc1ncsc1-c1ccc(CNC(=O)[C@@H]2C[C@@H](O)CN2C(=O)[C@@H](NC(=O)CCOCCOCCOCCOCCN2CC([C@@H](c3ccccc3)n3cc(NC(=O)c4n[nH]c5c4C[C@@H]4C(F)(F)[C@]4(C)C5)cn3)C2)C(C)(C)C)cc1. The molecular formula is C56H72F2N10O9S. The number of carbonyl (C=O) groups excluding carboxylic acids is 4. The third kappa shape index (κ3) is 13.0. The van der Waals surface area contributed by atoms with Gasteiger partial charge in [0.25, 0.3) is 11.8 Å². The molecule has 2 saturated heterocycles. The van der Waals surface area contributed by atoms with Gasteiger partial charge >= 0.3 is 0 Å². The summed E-state index contributed by atoms with van der Waals surface area (Å²) in [6, 6.07) is 16.1. The average molecular weight is 1100 g/mol. The predicted molar refractivity (Wildman–Crippen MR) is 287 cm³/mol. The monoisotopic (exact) mass is 1100 g/mol. The number of alkyl halides is 2. The zero-order valence-corrected chi connectivity index (χ0v) is 45.8. The lowest BCUT2D eigenvalue weighted by molar-refractivity contribution is -0.144. The number of benzene rings is 2. The van der Waals surface area contributed by atoms with Gasteiger partial charge < -0.3 is 49.8 Å². The van der Waals surface area contributed by atoms with E-state index in [-0.39, 0.29) is 81.5 Å². The Labute approximate surface area is 457 Å². The number of aliphatic hydroxyl groups is 1. The first kappa shape index (κ1) is 56.7. The Morgan fingerprint density at radius 1 is 0.923 bits per heavy atom. The van der Waals surface area contributed by atoms with Crippen LogP contribution in [0.3, 0.4) is 0 Å². The fraction of sp³-hybridized carbons (Fsp3) is 0.554. The third-order valence-electron chi connectivity index (χ3n) is 15.6. The van der Waals surface area contributed by atoms with Crippen LogP contribution >= 0.6 is 11.3 Å². The minimum Gasteiger partial charge on any atom is -0.391 e. The van der Waals surface area contributed by atoms with Gasteiger partial charge in [-0.05, 0) is 35.4 Å². The number of H-pyrrole nitrogens is 1. The third-order valence-corrected chi connectivity index (χ3v) is 16.6. The van der Waals surface area contributed by atoms with E-state index in [1.54, 1.807) is 24.5 Å². The number of hydrogen-bond acceptors (Lipinski definition) is 14. The van der Waals surface area contributed by atoms with Crippen molar-refractivity contribution in [2.45, 2.75) is 97.0 Å². The summed E-state index contributed by atoms with van der Waals surface area (Å²) in [4.78, 5) is 63.0. The van der Waals surface area contributed by atoms with E-state index in [4.69, 9.17) is 18.9 Å². The molecule has 6 atom stereocenters. The van der Waals surface area contributed by atoms with Crippen molar-refractivity contribution < 1.29 is 52.0 Å². The highest BCUT2D eigenvalue weighted by atomic mass is 32.1. The van der Waals surface area contributed by atoms with Gasteiger partial charge in [-0.25, -0.2) is 13.8 Å². The van der Waals surface area contributed by atoms with Gasteiger partial charge in [0.15, 0.2) is 5.69 Å². The molecular weight excluding hydrogens is 1030 g/mol. The largest absolute Gasteiger partial charge is 0.391 e. The molecule has 2 aromatic carbocycles. The topological polar surface area (TPSA) is 227 Å². The van der Waals surface area contributed by atoms with E-state index in [1.807, 2.05) is 86.5 Å². The number of halogens is 2. The lowest BCUT2D eigenvalue weighted by atomic mass is 9.85. The minimum absolute atomic E-state index is 0.0120. The molecule has 0 unspecified atom stereocenters. The van der Waals surface area contributed by atoms with Crippen molar-refractivity contribution in [1.82, 2.24) is 45.4 Å². The maximum absolute atomic E-state index is 14.5. The number of likely N-dealkylation sites (tertiary alicyclic amines) is 2. The van der Waals surface area contributed by atoms with Crippen LogP contribution in [0.2, 0.25) is 0 Å². The molecule has 420 valence electrons. The predicted octanol–water partition coefficient (Wildman–Crippen LogP) is 5.45. The Bertz CT molecular complexity index is 2850. The second-order valence-corrected chi connectivity index (χ2v) is 23.0. The van der Waals surface area contributed by atoms with Gasteiger partial charge in [0, 0.05) is 86.7 Å². The summed E-state index contributed by atoms with van der Waals surface area (Å²) in [6.45, 7) is 14.6. The molecule has 0 radical (unpaired) electrons. The molecule has 5 N–H and O–H groups in total. The molecule has 0 bridgehead atoms. The molecule has 3 fully saturated rings. The summed E-state index contributed by atoms with van der Waals surface area (Å²) in [5, 5.41) is 31.0. The van der Waals surface area contributed by atoms with Crippen molar-refractivity contribution >= 4 is 40.7 Å². The number of anilines is 1. The number of fused-ring (bicyclic) bond motifs is 2. The summed E-state index contributed by atoms with van der Waals surface area (Å²) in [5.41, 5.74) is 5.87. The number of aliphatic hydroxyl groups excluding tert-OH is 1. The van der Waals surface area contributed by atoms with Crippen LogP contribution in [-0.2, 0) is 52.7 Å². The smallest absolute Gasteiger partial charge is 0.276 e. The van der Waals surface area contributed by atoms with Crippen LogP contribution in [0.5, 0.6) is 0 Å². The van der Waals surface area contributed by atoms with Crippen molar-refractivity contribution in [3.63, 3.8) is 0 Å². The first-order chi connectivity index (χ1) is 37.4. The maximum atomic E-state index is 14.5. The van der Waals surface area contributed by atoms with Crippen molar-refractivity contribution in [2.75, 3.05) is 84.4 Å². The minimum atomic E-state index is -2.75. The van der Waals surface area contributed by atoms with Crippen LogP contribution in [0.15, 0.2) is 72.5 Å². The van der Waals surface area contributed by atoms with Crippen LogP contribution in [-0.4, -0.2) is 167 Å². The number of aryl methyl sites for hydroxylation is 1. The summed E-state index contributed by atoms with van der Waals surface area (Å²) in [6.07, 6.45) is 2.95. The number of hydrogen-bond donors (Lipinski definition) is 5. The number of amides is 4. The number of ether oxygens (including phenoxy) is 4. The van der Waals surface area contributed by atoms with Crippen LogP contribution in [0.4, 0.5) is 14.5 Å². The highest BCUT2D eigenvalue weighted by molar-refractivity contribution is 7.13. The van der Waals surface area contributed by atoms with Gasteiger partial charge in [-0.1, -0.05) is 82.3 Å². The fourth-order valence-electron chi connectivity index (χ4n) is 11.0. The fourth-order valence-corrected chi connectivity index (χ4v) is 11.8. The van der Waals surface area contributed by atoms with E-state index in [0.717, 1.165) is 46.9 Å². The first-order valence-electron chi connectivity index (χ1n) is 26.8. The van der Waals surface area contributed by atoms with Crippen LogP contribution in [0, 0.1) is 29.6 Å². The van der Waals surface area contributed by atoms with Gasteiger partial charge in [-0.15, -0.1) is 11.3 Å². The van der Waals surface area contributed by atoms with E-state index in [0.29, 0.717) is 56.6 Å². The summed E-state index contributed by atoms with van der Waals surface area (Å²) < 4.78 is 53.6. The highest BCUT2D eigenvalue weighted by Crippen LogP contribution is 2.70. The molecule has 9 rings (SSSR count). The molecule has 78 heavy (non-hydrogen) atoms. The summed E-state index contributed by atoms with van der Waals surface area (Å²) in [5.74, 6) is -4.89. The maximum Gasteiger partial charge on any atom is 0.276 e. The van der Waals surface area contributed by atoms with Gasteiger partial charge in [0.2, 0.25) is 17.7 Å². The number of β-amino-alcohol motifs (C(OH)–C–C–N with tert-alkyl or cyclic N) is 1. The van der Waals surface area contributed by atoms with E-state index in [9.17, 15) is 33.1 Å². The van der Waals surface area contributed by atoms with E-state index in [1.165, 1.54) is 4.90 Å². The Hall–Kier alpha value is -6.01. The Kier molecular flexibility index (Phi) is 17.9. The van der Waals surface area contributed by atoms with E-state index in [2.05, 4.69) is 53.3 Å². The standard InChI is InChI=1S/C56H72F2N10O9S/c1-35-49(78-34-60-35)38-13-11-36(12-14-38)28-59-51(71)44-25-41(69)33-67(44)53(73)50(54(2,3)4)63-46(70)15-17-74-19-21-76-23-24-77-22-20-75-18-16-66-30-39(31-66)48(37-9-7-6-8-10-37)68-32-40(29-61-68)62-52(72)47-42-26-45-55(5,56(45,57)58)27-43(42)64-65-47/h6-14,29,32,34,39,41,44-45,48,50,69H,15-28,30-31,33H2,1-5H3,(H,59,71)(H,62,72)(H,63,70)(H,64,65)/t41-,44+,45+,48-,50-,55-/m1/s1. The molecule has 4 amide bonds. The number of aromatic nitrogens is 5. The molecule has 19 nitrogen and oxygen atoms in total. The summed E-state index contributed by atoms with van der Waals surface area (Å²) in [7, 11) is 0. The molecule has 5 aromatic rings. The number of carbonyl (C=O) groups is 4. The summed E-state index contributed by atoms with van der Waals surface area (Å²) >= 11 is 1.57. The van der Waals surface area contributed by atoms with Crippen molar-refractivity contribution in [2.24, 2.45) is 22.7 Å². The molecule has 1 saturated carbocycles. The number of nitrogens with one attached hydrogen (secondary N) is 4. The van der Waals surface area contributed by atoms with Gasteiger partial charge in [0.1, 0.15) is 12.1 Å². The lowest BCUT2D eigenvalue weighted by Crippen LogP contribution is -2.57. The van der Waals surface area contributed by atoms with Crippen LogP contribution < -0.4 is 16.0 Å². The second kappa shape index (κ2) is 24.6. The normalized spacial score (nSPS) is 21.5. The van der Waals surface area contributed by atoms with Crippen LogP contribution in [0.1, 0.15) is 85.1 Å².